The van der Waals surface area contributed by atoms with Crippen molar-refractivity contribution in [2.45, 2.75) is 16.7 Å². The lowest BCUT2D eigenvalue weighted by molar-refractivity contribution is 0.0690. The Morgan fingerprint density at radius 3 is 2.52 bits per heavy atom. The van der Waals surface area contributed by atoms with Crippen LogP contribution in [0.4, 0.5) is 0 Å². The molecule has 0 aliphatic heterocycles. The summed E-state index contributed by atoms with van der Waals surface area (Å²) in [5.41, 5.74) is 1.97. The van der Waals surface area contributed by atoms with Gasteiger partial charge in [0.2, 0.25) is 0 Å². The van der Waals surface area contributed by atoms with Crippen molar-refractivity contribution in [3.63, 3.8) is 0 Å². The first-order valence-electron chi connectivity index (χ1n) is 6.51. The van der Waals surface area contributed by atoms with Gasteiger partial charge in [0.05, 0.1) is 5.52 Å². The van der Waals surface area contributed by atoms with E-state index in [1.165, 1.54) is 5.56 Å². The number of para-hydroxylation sites is 1. The second-order valence-electron chi connectivity index (χ2n) is 4.74. The van der Waals surface area contributed by atoms with Crippen LogP contribution in [0, 0.1) is 6.92 Å². The second kappa shape index (κ2) is 5.58. The molecule has 1 N–H and O–H groups in total. The maximum Gasteiger partial charge on any atom is 0.354 e. The second-order valence-corrected chi connectivity index (χ2v) is 5.86. The molecule has 0 saturated carbocycles. The maximum atomic E-state index is 11.2. The third-order valence-corrected chi connectivity index (χ3v) is 4.21. The molecule has 1 aromatic heterocycles. The van der Waals surface area contributed by atoms with Gasteiger partial charge < -0.3 is 5.11 Å². The number of rotatable bonds is 3. The Bertz CT molecular complexity index is 813. The van der Waals surface area contributed by atoms with E-state index in [0.717, 1.165) is 15.2 Å². The third kappa shape index (κ3) is 2.90. The van der Waals surface area contributed by atoms with Crippen LogP contribution < -0.4 is 0 Å². The fourth-order valence-corrected chi connectivity index (χ4v) is 3.05. The highest BCUT2D eigenvalue weighted by atomic mass is 32.2. The van der Waals surface area contributed by atoms with E-state index in [1.807, 2.05) is 55.5 Å². The number of nitrogens with zero attached hydrogens (tertiary/aromatic N) is 1. The zero-order valence-corrected chi connectivity index (χ0v) is 12.2. The molecular weight excluding hydrogens is 282 g/mol. The van der Waals surface area contributed by atoms with Gasteiger partial charge in [-0.1, -0.05) is 47.7 Å². The van der Waals surface area contributed by atoms with Gasteiger partial charge in [0, 0.05) is 15.2 Å². The van der Waals surface area contributed by atoms with Gasteiger partial charge in [-0.05, 0) is 31.2 Å². The summed E-state index contributed by atoms with van der Waals surface area (Å²) in [4.78, 5) is 17.4. The number of aryl methyl sites for hydroxylation is 1. The van der Waals surface area contributed by atoms with Crippen molar-refractivity contribution >= 4 is 28.6 Å². The van der Waals surface area contributed by atoms with Gasteiger partial charge in [0.25, 0.3) is 0 Å². The van der Waals surface area contributed by atoms with Crippen LogP contribution in [0.25, 0.3) is 10.9 Å². The summed E-state index contributed by atoms with van der Waals surface area (Å²) in [6.07, 6.45) is 0. The SMILES string of the molecule is Cc1ccc(Sc2cc(C(=O)O)nc3ccccc23)cc1. The van der Waals surface area contributed by atoms with Crippen molar-refractivity contribution in [1.29, 1.82) is 0 Å². The molecule has 0 amide bonds. The van der Waals surface area contributed by atoms with Crippen LogP contribution in [0.2, 0.25) is 0 Å². The summed E-state index contributed by atoms with van der Waals surface area (Å²) in [6.45, 7) is 2.04. The molecule has 3 aromatic rings. The van der Waals surface area contributed by atoms with Gasteiger partial charge in [-0.25, -0.2) is 9.78 Å². The molecule has 0 atom stereocenters. The average molecular weight is 295 g/mol. The summed E-state index contributed by atoms with van der Waals surface area (Å²) >= 11 is 1.55. The lowest BCUT2D eigenvalue weighted by Crippen LogP contribution is -2.00. The summed E-state index contributed by atoms with van der Waals surface area (Å²) in [6, 6.07) is 17.4. The van der Waals surface area contributed by atoms with Crippen LogP contribution in [0.1, 0.15) is 16.1 Å². The van der Waals surface area contributed by atoms with Gasteiger partial charge >= 0.3 is 5.97 Å². The number of hydrogen-bond donors (Lipinski definition) is 1. The summed E-state index contributed by atoms with van der Waals surface area (Å²) in [5, 5.41) is 10.2. The minimum atomic E-state index is -1.01. The van der Waals surface area contributed by atoms with Crippen molar-refractivity contribution in [3.8, 4) is 0 Å². The first-order valence-corrected chi connectivity index (χ1v) is 7.33. The van der Waals surface area contributed by atoms with Gasteiger partial charge in [0.15, 0.2) is 0 Å². The highest BCUT2D eigenvalue weighted by molar-refractivity contribution is 7.99. The Labute approximate surface area is 126 Å². The molecular formula is C17H13NO2S. The number of carboxylic acids is 1. The number of carboxylic acid groups (broad SMARTS) is 1. The Morgan fingerprint density at radius 1 is 1.10 bits per heavy atom. The lowest BCUT2D eigenvalue weighted by Gasteiger charge is -2.08. The molecule has 0 saturated heterocycles. The number of benzene rings is 2. The number of fused-ring (bicyclic) bond motifs is 1. The molecule has 0 aliphatic carbocycles. The molecule has 0 fully saturated rings. The summed E-state index contributed by atoms with van der Waals surface area (Å²) < 4.78 is 0. The minimum Gasteiger partial charge on any atom is -0.477 e. The molecule has 1 heterocycles. The van der Waals surface area contributed by atoms with Gasteiger partial charge in [-0.15, -0.1) is 0 Å². The Balaban J connectivity index is 2.11. The van der Waals surface area contributed by atoms with Crippen LogP contribution in [0.3, 0.4) is 0 Å². The molecule has 3 rings (SSSR count). The number of aromatic nitrogens is 1. The fraction of sp³-hybridized carbons (Fsp3) is 0.0588. The molecule has 3 nitrogen and oxygen atoms in total. The molecule has 0 radical (unpaired) electrons. The Kier molecular flexibility index (Phi) is 3.62. The van der Waals surface area contributed by atoms with Crippen molar-refractivity contribution in [2.24, 2.45) is 0 Å². The molecule has 2 aromatic carbocycles. The van der Waals surface area contributed by atoms with E-state index >= 15 is 0 Å². The Morgan fingerprint density at radius 2 is 1.81 bits per heavy atom. The number of carbonyl (C=O) groups is 1. The maximum absolute atomic E-state index is 11.2. The minimum absolute atomic E-state index is 0.0725. The van der Waals surface area contributed by atoms with Gasteiger partial charge in [-0.3, -0.25) is 0 Å². The topological polar surface area (TPSA) is 50.2 Å². The number of pyridine rings is 1. The molecule has 21 heavy (non-hydrogen) atoms. The molecule has 104 valence electrons. The first kappa shape index (κ1) is 13.6. The van der Waals surface area contributed by atoms with E-state index < -0.39 is 5.97 Å². The van der Waals surface area contributed by atoms with E-state index in [0.29, 0.717) is 5.52 Å². The standard InChI is InChI=1S/C17H13NO2S/c1-11-6-8-12(9-7-11)21-16-10-15(17(19)20)18-14-5-3-2-4-13(14)16/h2-10H,1H3,(H,19,20). The predicted molar refractivity (Wildman–Crippen MR) is 84.0 cm³/mol. The largest absolute Gasteiger partial charge is 0.477 e. The predicted octanol–water partition coefficient (Wildman–Crippen LogP) is 4.39. The van der Waals surface area contributed by atoms with Gasteiger partial charge in [0.1, 0.15) is 5.69 Å². The van der Waals surface area contributed by atoms with E-state index in [4.69, 9.17) is 0 Å². The zero-order valence-electron chi connectivity index (χ0n) is 11.4. The molecule has 0 bridgehead atoms. The van der Waals surface area contributed by atoms with Crippen LogP contribution >= 0.6 is 11.8 Å². The molecule has 0 unspecified atom stereocenters. The highest BCUT2D eigenvalue weighted by Gasteiger charge is 2.11. The van der Waals surface area contributed by atoms with E-state index in [9.17, 15) is 9.90 Å². The van der Waals surface area contributed by atoms with E-state index in [2.05, 4.69) is 4.98 Å². The first-order chi connectivity index (χ1) is 10.1. The lowest BCUT2D eigenvalue weighted by atomic mass is 10.2. The highest BCUT2D eigenvalue weighted by Crippen LogP contribution is 2.33. The van der Waals surface area contributed by atoms with Crippen LogP contribution in [-0.2, 0) is 0 Å². The monoisotopic (exact) mass is 295 g/mol. The molecule has 0 spiro atoms. The Hall–Kier alpha value is -2.33. The number of hydrogen-bond acceptors (Lipinski definition) is 3. The normalized spacial score (nSPS) is 10.7. The van der Waals surface area contributed by atoms with Crippen LogP contribution in [0.15, 0.2) is 64.4 Å². The molecule has 4 heteroatoms. The molecule has 0 aliphatic rings. The average Bonchev–Trinajstić information content (AvgIpc) is 2.49. The van der Waals surface area contributed by atoms with Crippen LogP contribution in [0.5, 0.6) is 0 Å². The van der Waals surface area contributed by atoms with Crippen molar-refractivity contribution in [2.75, 3.05) is 0 Å². The fourth-order valence-electron chi connectivity index (χ4n) is 2.07. The van der Waals surface area contributed by atoms with Crippen LogP contribution in [-0.4, -0.2) is 16.1 Å². The van der Waals surface area contributed by atoms with Crippen molar-refractivity contribution in [1.82, 2.24) is 4.98 Å². The summed E-state index contributed by atoms with van der Waals surface area (Å²) in [5.74, 6) is -1.01. The van der Waals surface area contributed by atoms with Gasteiger partial charge in [-0.2, -0.15) is 0 Å². The van der Waals surface area contributed by atoms with E-state index in [1.54, 1.807) is 17.8 Å². The van der Waals surface area contributed by atoms with Crippen molar-refractivity contribution in [3.05, 3.63) is 65.9 Å². The third-order valence-electron chi connectivity index (χ3n) is 3.15. The van der Waals surface area contributed by atoms with Crippen molar-refractivity contribution < 1.29 is 9.90 Å². The zero-order chi connectivity index (χ0) is 14.8. The summed E-state index contributed by atoms with van der Waals surface area (Å²) in [7, 11) is 0. The quantitative estimate of drug-likeness (QED) is 0.778. The number of aromatic carboxylic acids is 1. The smallest absolute Gasteiger partial charge is 0.354 e. The van der Waals surface area contributed by atoms with E-state index in [-0.39, 0.29) is 5.69 Å².